The van der Waals surface area contributed by atoms with Crippen LogP contribution in [-0.2, 0) is 4.74 Å². The number of nitrogens with one attached hydrogen (secondary N) is 2. The van der Waals surface area contributed by atoms with E-state index in [4.69, 9.17) is 10.5 Å². The van der Waals surface area contributed by atoms with Crippen molar-refractivity contribution in [2.75, 3.05) is 35.6 Å². The first-order chi connectivity index (χ1) is 11.9. The molecule has 0 saturated carbocycles. The van der Waals surface area contributed by atoms with E-state index in [1.165, 1.54) is 0 Å². The lowest BCUT2D eigenvalue weighted by atomic mass is 9.92. The van der Waals surface area contributed by atoms with Gasteiger partial charge in [0, 0.05) is 25.7 Å². The van der Waals surface area contributed by atoms with Gasteiger partial charge in [0.2, 0.25) is 5.95 Å². The van der Waals surface area contributed by atoms with Gasteiger partial charge in [-0.15, -0.1) is 0 Å². The molecule has 0 atom stereocenters. The van der Waals surface area contributed by atoms with Crippen molar-refractivity contribution >= 4 is 23.7 Å². The van der Waals surface area contributed by atoms with Crippen molar-refractivity contribution in [2.24, 2.45) is 5.41 Å². The maximum absolute atomic E-state index is 11.8. The molecule has 1 aliphatic heterocycles. The van der Waals surface area contributed by atoms with Crippen molar-refractivity contribution in [1.29, 1.82) is 0 Å². The fourth-order valence-electron chi connectivity index (χ4n) is 2.50. The van der Waals surface area contributed by atoms with Gasteiger partial charge in [-0.2, -0.15) is 9.97 Å². The molecule has 0 aliphatic carbocycles. The molecule has 0 radical (unpaired) electrons. The smallest absolute Gasteiger partial charge is 0.407 e. The van der Waals surface area contributed by atoms with Gasteiger partial charge in [-0.25, -0.2) is 4.79 Å². The van der Waals surface area contributed by atoms with Crippen molar-refractivity contribution in [3.8, 4) is 0 Å². The Morgan fingerprint density at radius 3 is 2.50 bits per heavy atom. The van der Waals surface area contributed by atoms with E-state index in [2.05, 4.69) is 46.3 Å². The van der Waals surface area contributed by atoms with Gasteiger partial charge in [0.25, 0.3) is 0 Å². The maximum Gasteiger partial charge on any atom is 0.407 e. The molecule has 8 heteroatoms. The first-order valence-corrected chi connectivity index (χ1v) is 9.04. The molecule has 2 rings (SSSR count). The average Bonchev–Trinajstić information content (AvgIpc) is 2.38. The van der Waals surface area contributed by atoms with E-state index in [-0.39, 0.29) is 17.4 Å². The Kier molecular flexibility index (Phi) is 5.83. The van der Waals surface area contributed by atoms with Gasteiger partial charge in [0.05, 0.1) is 6.04 Å². The summed E-state index contributed by atoms with van der Waals surface area (Å²) in [5.41, 5.74) is 5.60. The van der Waals surface area contributed by atoms with Crippen LogP contribution >= 0.6 is 0 Å². The highest BCUT2D eigenvalue weighted by Crippen LogP contribution is 2.23. The molecule has 0 bridgehead atoms. The number of alkyl carbamates (subject to hydrolysis) is 1. The molecule has 146 valence electrons. The van der Waals surface area contributed by atoms with Crippen LogP contribution < -0.4 is 21.3 Å². The summed E-state index contributed by atoms with van der Waals surface area (Å²) in [6.07, 6.45) is 0.631. The van der Waals surface area contributed by atoms with Crippen LogP contribution in [0.25, 0.3) is 0 Å². The lowest BCUT2D eigenvalue weighted by Gasteiger charge is -2.40. The van der Waals surface area contributed by atoms with Gasteiger partial charge < -0.3 is 26.0 Å². The number of nitrogens with zero attached hydrogens (tertiary/aromatic N) is 3. The van der Waals surface area contributed by atoms with Gasteiger partial charge >= 0.3 is 6.09 Å². The second kappa shape index (κ2) is 7.55. The Labute approximate surface area is 155 Å². The number of carbonyl (C=O) groups excluding carboxylic acids is 1. The number of amides is 1. The number of hydrogen-bond donors (Lipinski definition) is 3. The lowest BCUT2D eigenvalue weighted by Crippen LogP contribution is -2.60. The first kappa shape index (κ1) is 20.1. The minimum Gasteiger partial charge on any atom is -0.444 e. The summed E-state index contributed by atoms with van der Waals surface area (Å²) in [6, 6.07) is 1.93. The lowest BCUT2D eigenvalue weighted by molar-refractivity contribution is 0.0496. The summed E-state index contributed by atoms with van der Waals surface area (Å²) in [4.78, 5) is 22.4. The fraction of sp³-hybridized carbons (Fsp3) is 0.722. The van der Waals surface area contributed by atoms with E-state index < -0.39 is 11.7 Å². The van der Waals surface area contributed by atoms with E-state index in [1.807, 2.05) is 26.8 Å². The average molecular weight is 364 g/mol. The standard InChI is InChI=1S/C18H32N6O2/c1-17(2,3)7-8-20-13-9-14(23-15(19)22-13)24-10-12(11-24)21-16(25)26-18(4,5)6/h9,12H,7-8,10-11H2,1-6H3,(H,21,25)(H3,19,20,22,23). The van der Waals surface area contributed by atoms with Crippen LogP contribution in [0.15, 0.2) is 6.07 Å². The highest BCUT2D eigenvalue weighted by Gasteiger charge is 2.31. The van der Waals surface area contributed by atoms with Crippen molar-refractivity contribution in [2.45, 2.75) is 59.6 Å². The zero-order valence-corrected chi connectivity index (χ0v) is 16.7. The summed E-state index contributed by atoms with van der Waals surface area (Å²) < 4.78 is 5.27. The second-order valence-corrected chi connectivity index (χ2v) is 8.96. The third-order valence-corrected chi connectivity index (χ3v) is 3.84. The number of nitrogens with two attached hydrogens (primary N) is 1. The van der Waals surface area contributed by atoms with E-state index >= 15 is 0 Å². The molecule has 4 N–H and O–H groups in total. The summed E-state index contributed by atoms with van der Waals surface area (Å²) in [5, 5.41) is 6.17. The van der Waals surface area contributed by atoms with Gasteiger partial charge in [0.15, 0.2) is 0 Å². The molecule has 1 aliphatic rings. The summed E-state index contributed by atoms with van der Waals surface area (Å²) in [5.74, 6) is 1.72. The monoisotopic (exact) mass is 364 g/mol. The predicted octanol–water partition coefficient (Wildman–Crippen LogP) is 2.62. The predicted molar refractivity (Wildman–Crippen MR) is 104 cm³/mol. The Morgan fingerprint density at radius 2 is 1.92 bits per heavy atom. The van der Waals surface area contributed by atoms with E-state index in [0.717, 1.165) is 24.6 Å². The van der Waals surface area contributed by atoms with Crippen LogP contribution in [0.2, 0.25) is 0 Å². The molecule has 2 heterocycles. The van der Waals surface area contributed by atoms with Crippen molar-refractivity contribution < 1.29 is 9.53 Å². The van der Waals surface area contributed by atoms with Gasteiger partial charge in [-0.05, 0) is 32.6 Å². The molecule has 1 aromatic rings. The Balaban J connectivity index is 1.86. The Hall–Kier alpha value is -2.25. The molecule has 0 unspecified atom stereocenters. The normalized spacial score (nSPS) is 15.4. The molecular weight excluding hydrogens is 332 g/mol. The van der Waals surface area contributed by atoms with Crippen LogP contribution in [0.4, 0.5) is 22.4 Å². The zero-order chi connectivity index (χ0) is 19.5. The van der Waals surface area contributed by atoms with Crippen LogP contribution in [0.5, 0.6) is 0 Å². The van der Waals surface area contributed by atoms with E-state index in [1.54, 1.807) is 0 Å². The van der Waals surface area contributed by atoms with Crippen molar-refractivity contribution in [3.05, 3.63) is 6.07 Å². The summed E-state index contributed by atoms with van der Waals surface area (Å²) >= 11 is 0. The highest BCUT2D eigenvalue weighted by molar-refractivity contribution is 5.69. The largest absolute Gasteiger partial charge is 0.444 e. The van der Waals surface area contributed by atoms with E-state index in [9.17, 15) is 4.79 Å². The number of carbonyl (C=O) groups is 1. The minimum absolute atomic E-state index is 0.0401. The number of hydrogen-bond acceptors (Lipinski definition) is 7. The van der Waals surface area contributed by atoms with Crippen LogP contribution in [0.3, 0.4) is 0 Å². The number of anilines is 3. The first-order valence-electron chi connectivity index (χ1n) is 9.04. The molecule has 1 saturated heterocycles. The summed E-state index contributed by atoms with van der Waals surface area (Å²) in [6.45, 7) is 14.3. The zero-order valence-electron chi connectivity index (χ0n) is 16.7. The van der Waals surface area contributed by atoms with Crippen molar-refractivity contribution in [1.82, 2.24) is 15.3 Å². The topological polar surface area (TPSA) is 105 Å². The third kappa shape index (κ3) is 6.57. The van der Waals surface area contributed by atoms with Crippen LogP contribution in [0, 0.1) is 5.41 Å². The third-order valence-electron chi connectivity index (χ3n) is 3.84. The SMILES string of the molecule is CC(C)(C)CCNc1cc(N2CC(NC(=O)OC(C)(C)C)C2)nc(N)n1. The molecular formula is C18H32N6O2. The molecule has 1 fully saturated rings. The molecule has 0 spiro atoms. The van der Waals surface area contributed by atoms with Crippen LogP contribution in [-0.4, -0.2) is 47.3 Å². The van der Waals surface area contributed by atoms with Crippen LogP contribution in [0.1, 0.15) is 48.0 Å². The fourth-order valence-corrected chi connectivity index (χ4v) is 2.50. The second-order valence-electron chi connectivity index (χ2n) is 8.96. The maximum atomic E-state index is 11.8. The van der Waals surface area contributed by atoms with Gasteiger partial charge in [0.1, 0.15) is 17.2 Å². The number of nitrogen functional groups attached to an aromatic ring is 1. The van der Waals surface area contributed by atoms with Gasteiger partial charge in [-0.1, -0.05) is 20.8 Å². The molecule has 26 heavy (non-hydrogen) atoms. The Bertz CT molecular complexity index is 630. The number of aromatic nitrogens is 2. The van der Waals surface area contributed by atoms with Crippen molar-refractivity contribution in [3.63, 3.8) is 0 Å². The minimum atomic E-state index is -0.498. The molecule has 0 aromatic carbocycles. The number of rotatable bonds is 5. The molecule has 8 nitrogen and oxygen atoms in total. The number of ether oxygens (including phenoxy) is 1. The highest BCUT2D eigenvalue weighted by atomic mass is 16.6. The Morgan fingerprint density at radius 1 is 1.27 bits per heavy atom. The quantitative estimate of drug-likeness (QED) is 0.737. The van der Waals surface area contributed by atoms with E-state index in [0.29, 0.717) is 13.1 Å². The molecule has 1 aromatic heterocycles. The molecule has 1 amide bonds. The summed E-state index contributed by atoms with van der Waals surface area (Å²) in [7, 11) is 0. The van der Waals surface area contributed by atoms with Gasteiger partial charge in [-0.3, -0.25) is 0 Å².